The molecule has 1 heterocycles. The van der Waals surface area contributed by atoms with Crippen molar-refractivity contribution in [3.05, 3.63) is 106 Å². The zero-order valence-electron chi connectivity index (χ0n) is 21.6. The van der Waals surface area contributed by atoms with Crippen LogP contribution in [0.5, 0.6) is 0 Å². The van der Waals surface area contributed by atoms with Crippen molar-refractivity contribution >= 4 is 29.0 Å². The Labute approximate surface area is 222 Å². The van der Waals surface area contributed by atoms with Gasteiger partial charge in [-0.1, -0.05) is 54.1 Å². The molecule has 6 nitrogen and oxygen atoms in total. The summed E-state index contributed by atoms with van der Waals surface area (Å²) in [5.74, 6) is -0.350. The molecule has 1 amide bonds. The fourth-order valence-electron chi connectivity index (χ4n) is 5.67. The zero-order chi connectivity index (χ0) is 26.4. The second-order valence-corrected chi connectivity index (χ2v) is 10.5. The van der Waals surface area contributed by atoms with Crippen LogP contribution in [0.4, 0.5) is 11.4 Å². The van der Waals surface area contributed by atoms with E-state index >= 15 is 0 Å². The molecule has 2 atom stereocenters. The molecule has 3 aliphatic rings. The number of rotatable bonds is 4. The minimum atomic E-state index is -0.590. The number of benzene rings is 3. The molecule has 0 unspecified atom stereocenters. The fraction of sp³-hybridized carbons (Fsp3) is 0.281. The number of hydrogen-bond donors (Lipinski definition) is 1. The van der Waals surface area contributed by atoms with Crippen LogP contribution >= 0.6 is 0 Å². The first kappa shape index (κ1) is 24.2. The number of nitrogens with zero attached hydrogens (tertiary/aromatic N) is 1. The third-order valence-corrected chi connectivity index (χ3v) is 7.85. The molecule has 0 bridgehead atoms. The predicted octanol–water partition coefficient (Wildman–Crippen LogP) is 6.09. The summed E-state index contributed by atoms with van der Waals surface area (Å²) >= 11 is 0. The van der Waals surface area contributed by atoms with E-state index in [2.05, 4.69) is 36.5 Å². The van der Waals surface area contributed by atoms with Gasteiger partial charge < -0.3 is 10.1 Å². The molecule has 0 aromatic heterocycles. The lowest BCUT2D eigenvalue weighted by Gasteiger charge is -2.35. The zero-order valence-corrected chi connectivity index (χ0v) is 21.6. The van der Waals surface area contributed by atoms with Gasteiger partial charge in [-0.05, 0) is 67.5 Å². The number of aryl methyl sites for hydroxylation is 1. The van der Waals surface area contributed by atoms with Crippen LogP contribution in [0, 0.1) is 12.8 Å². The van der Waals surface area contributed by atoms with Crippen LogP contribution < -0.4 is 10.2 Å². The third kappa shape index (κ3) is 4.30. The third-order valence-electron chi connectivity index (χ3n) is 7.85. The highest BCUT2D eigenvalue weighted by atomic mass is 16.5. The van der Waals surface area contributed by atoms with Crippen molar-refractivity contribution in [2.75, 3.05) is 17.3 Å². The molecular formula is C32H30N2O4. The molecule has 3 aromatic rings. The van der Waals surface area contributed by atoms with Crippen LogP contribution in [0.15, 0.2) is 84.1 Å². The lowest BCUT2D eigenvalue weighted by molar-refractivity contribution is -0.120. The highest BCUT2D eigenvalue weighted by Gasteiger charge is 2.45. The van der Waals surface area contributed by atoms with Crippen molar-refractivity contribution in [2.24, 2.45) is 5.92 Å². The lowest BCUT2D eigenvalue weighted by Crippen LogP contribution is -2.39. The highest BCUT2D eigenvalue weighted by Crippen LogP contribution is 2.49. The van der Waals surface area contributed by atoms with E-state index in [9.17, 15) is 14.4 Å². The van der Waals surface area contributed by atoms with Gasteiger partial charge in [0.2, 0.25) is 5.91 Å². The van der Waals surface area contributed by atoms with Crippen LogP contribution in [0.2, 0.25) is 0 Å². The van der Waals surface area contributed by atoms with Gasteiger partial charge in [-0.3, -0.25) is 14.5 Å². The summed E-state index contributed by atoms with van der Waals surface area (Å²) in [6.45, 7) is 2.06. The number of amides is 1. The smallest absolute Gasteiger partial charge is 0.337 e. The van der Waals surface area contributed by atoms with E-state index in [4.69, 9.17) is 4.74 Å². The van der Waals surface area contributed by atoms with Gasteiger partial charge in [-0.2, -0.15) is 0 Å². The maximum absolute atomic E-state index is 14.0. The Hall–Kier alpha value is -4.19. The number of carbonyl (C=O) groups excluding carboxylic acids is 3. The molecule has 1 fully saturated rings. The molecule has 0 radical (unpaired) electrons. The van der Waals surface area contributed by atoms with Crippen molar-refractivity contribution in [1.82, 2.24) is 0 Å². The number of esters is 1. The first-order valence-electron chi connectivity index (χ1n) is 13.1. The van der Waals surface area contributed by atoms with Crippen LogP contribution in [-0.2, 0) is 14.3 Å². The van der Waals surface area contributed by atoms with E-state index in [-0.39, 0.29) is 23.5 Å². The Balaban J connectivity index is 1.51. The first-order valence-corrected chi connectivity index (χ1v) is 13.1. The highest BCUT2D eigenvalue weighted by molar-refractivity contribution is 6.07. The van der Waals surface area contributed by atoms with Gasteiger partial charge >= 0.3 is 5.97 Å². The number of carbonyl (C=O) groups is 3. The number of methoxy groups -OCH3 is 1. The van der Waals surface area contributed by atoms with Crippen LogP contribution in [-0.4, -0.2) is 24.8 Å². The second kappa shape index (κ2) is 9.60. The molecular weight excluding hydrogens is 476 g/mol. The van der Waals surface area contributed by atoms with E-state index in [1.807, 2.05) is 41.3 Å². The van der Waals surface area contributed by atoms with Gasteiger partial charge in [-0.15, -0.1) is 0 Å². The number of hydrogen-bond acceptors (Lipinski definition) is 5. The van der Waals surface area contributed by atoms with E-state index in [0.717, 1.165) is 41.0 Å². The molecule has 3 aromatic carbocycles. The largest absolute Gasteiger partial charge is 0.465 e. The second-order valence-electron chi connectivity index (χ2n) is 10.5. The number of fused-ring (bicyclic) bond motifs is 1. The van der Waals surface area contributed by atoms with Gasteiger partial charge in [0.25, 0.3) is 0 Å². The lowest BCUT2D eigenvalue weighted by atomic mass is 9.78. The number of ketones is 1. The Bertz CT molecular complexity index is 1450. The molecule has 38 heavy (non-hydrogen) atoms. The van der Waals surface area contributed by atoms with Crippen molar-refractivity contribution < 1.29 is 19.1 Å². The van der Waals surface area contributed by atoms with E-state index in [1.165, 1.54) is 12.7 Å². The monoisotopic (exact) mass is 506 g/mol. The number of anilines is 2. The van der Waals surface area contributed by atoms with Crippen LogP contribution in [0.25, 0.3) is 0 Å². The van der Waals surface area contributed by atoms with E-state index < -0.39 is 12.0 Å². The van der Waals surface area contributed by atoms with Crippen molar-refractivity contribution in [2.45, 2.75) is 44.6 Å². The van der Waals surface area contributed by atoms with Crippen molar-refractivity contribution in [3.63, 3.8) is 0 Å². The summed E-state index contributed by atoms with van der Waals surface area (Å²) in [7, 11) is 1.35. The Morgan fingerprint density at radius 1 is 0.895 bits per heavy atom. The van der Waals surface area contributed by atoms with Crippen LogP contribution in [0.1, 0.15) is 64.7 Å². The summed E-state index contributed by atoms with van der Waals surface area (Å²) in [6, 6.07) is 22.6. The Morgan fingerprint density at radius 2 is 1.58 bits per heavy atom. The normalized spacial score (nSPS) is 20.7. The Morgan fingerprint density at radius 3 is 2.26 bits per heavy atom. The number of para-hydroxylation sites is 2. The number of Topliss-reactive ketones (excluding diaryl/α,β-unsaturated/α-hetero) is 1. The van der Waals surface area contributed by atoms with Gasteiger partial charge in [0.15, 0.2) is 5.78 Å². The minimum absolute atomic E-state index is 0.0310. The molecule has 6 rings (SSSR count). The molecule has 1 N–H and O–H groups in total. The SMILES string of the molecule is COC(=O)c1ccc([C@@H]2C3=C(C[C@@H](c4ccc(C)cc4)CC3=O)Nc3ccccc3N2C(=O)C2CC2)cc1. The van der Waals surface area contributed by atoms with Crippen LogP contribution in [0.3, 0.4) is 0 Å². The van der Waals surface area contributed by atoms with Crippen molar-refractivity contribution in [3.8, 4) is 0 Å². The van der Waals surface area contributed by atoms with E-state index in [1.54, 1.807) is 12.1 Å². The van der Waals surface area contributed by atoms with Gasteiger partial charge in [0.05, 0.1) is 30.1 Å². The number of allylic oxidation sites excluding steroid dienone is 1. The minimum Gasteiger partial charge on any atom is -0.465 e. The Kier molecular flexibility index (Phi) is 6.10. The molecule has 0 saturated heterocycles. The predicted molar refractivity (Wildman–Crippen MR) is 146 cm³/mol. The first-order chi connectivity index (χ1) is 18.4. The number of nitrogens with one attached hydrogen (secondary N) is 1. The molecule has 2 aliphatic carbocycles. The maximum Gasteiger partial charge on any atom is 0.337 e. The molecule has 192 valence electrons. The van der Waals surface area contributed by atoms with Gasteiger partial charge in [-0.25, -0.2) is 4.79 Å². The summed E-state index contributed by atoms with van der Waals surface area (Å²) in [5.41, 5.74) is 6.60. The number of ether oxygens (including phenoxy) is 1. The summed E-state index contributed by atoms with van der Waals surface area (Å²) in [6.07, 6.45) is 2.76. The van der Waals surface area contributed by atoms with E-state index in [0.29, 0.717) is 24.0 Å². The summed E-state index contributed by atoms with van der Waals surface area (Å²) in [5, 5.41) is 3.58. The maximum atomic E-state index is 14.0. The van der Waals surface area contributed by atoms with Gasteiger partial charge in [0, 0.05) is 23.6 Å². The molecule has 0 spiro atoms. The molecule has 1 saturated carbocycles. The average molecular weight is 507 g/mol. The average Bonchev–Trinajstić information content (AvgIpc) is 3.79. The standard InChI is InChI=1S/C32H30N2O4/c1-19-7-9-20(10-8-19)24-17-26-29(28(35)18-24)30(21-11-15-23(16-12-21)32(37)38-2)34(31(36)22-13-14-22)27-6-4-3-5-25(27)33-26/h3-12,15-16,22,24,30,33H,13-14,17-18H2,1-2H3/t24-,30-/m1/s1. The molecule has 1 aliphatic heterocycles. The van der Waals surface area contributed by atoms with Gasteiger partial charge in [0.1, 0.15) is 0 Å². The summed E-state index contributed by atoms with van der Waals surface area (Å²) in [4.78, 5) is 41.8. The quantitative estimate of drug-likeness (QED) is 0.433. The molecule has 6 heteroatoms. The topological polar surface area (TPSA) is 75.7 Å². The van der Waals surface area contributed by atoms with Crippen molar-refractivity contribution in [1.29, 1.82) is 0 Å². The summed E-state index contributed by atoms with van der Waals surface area (Å²) < 4.78 is 4.87. The fourth-order valence-corrected chi connectivity index (χ4v) is 5.67.